The van der Waals surface area contributed by atoms with Crippen LogP contribution in [-0.2, 0) is 6.54 Å². The van der Waals surface area contributed by atoms with Crippen LogP contribution in [0.15, 0.2) is 47.8 Å². The van der Waals surface area contributed by atoms with Gasteiger partial charge in [0.1, 0.15) is 5.75 Å². The zero-order valence-electron chi connectivity index (χ0n) is 14.4. The zero-order valence-corrected chi connectivity index (χ0v) is 15.2. The Morgan fingerprint density at radius 1 is 0.920 bits per heavy atom. The number of aromatic nitrogens is 1. The van der Waals surface area contributed by atoms with Crippen molar-refractivity contribution in [2.75, 3.05) is 26.6 Å². The standard InChI is InChI=1S/C19H20N2O3S/c1-22-16-7-5-4-6-14(16)11-20-19-21-15(12-25-19)13-8-9-17(23-2)18(10-13)24-3/h4-10,12H,11H2,1-3H3,(H,20,21). The first-order valence-corrected chi connectivity index (χ1v) is 8.66. The van der Waals surface area contributed by atoms with Crippen molar-refractivity contribution in [2.24, 2.45) is 0 Å². The summed E-state index contributed by atoms with van der Waals surface area (Å²) in [5, 5.41) is 6.23. The third-order valence-electron chi connectivity index (χ3n) is 3.81. The number of rotatable bonds is 7. The van der Waals surface area contributed by atoms with Crippen LogP contribution in [0, 0.1) is 0 Å². The minimum atomic E-state index is 0.656. The third kappa shape index (κ3) is 3.85. The molecule has 0 aliphatic heterocycles. The number of nitrogens with one attached hydrogen (secondary N) is 1. The highest BCUT2D eigenvalue weighted by atomic mass is 32.1. The molecule has 5 nitrogen and oxygen atoms in total. The molecular formula is C19H20N2O3S. The molecule has 25 heavy (non-hydrogen) atoms. The number of hydrogen-bond acceptors (Lipinski definition) is 6. The van der Waals surface area contributed by atoms with Crippen LogP contribution in [0.4, 0.5) is 5.13 Å². The molecule has 0 spiro atoms. The highest BCUT2D eigenvalue weighted by Gasteiger charge is 2.10. The van der Waals surface area contributed by atoms with Crippen LogP contribution in [0.5, 0.6) is 17.2 Å². The second kappa shape index (κ2) is 7.90. The van der Waals surface area contributed by atoms with Gasteiger partial charge in [0, 0.05) is 23.1 Å². The number of hydrogen-bond donors (Lipinski definition) is 1. The maximum absolute atomic E-state index is 5.37. The molecule has 0 atom stereocenters. The van der Waals surface area contributed by atoms with Crippen LogP contribution < -0.4 is 19.5 Å². The van der Waals surface area contributed by atoms with E-state index >= 15 is 0 Å². The van der Waals surface area contributed by atoms with Crippen LogP contribution in [0.3, 0.4) is 0 Å². The van der Waals surface area contributed by atoms with Gasteiger partial charge in [-0.3, -0.25) is 0 Å². The van der Waals surface area contributed by atoms with Crippen molar-refractivity contribution in [3.63, 3.8) is 0 Å². The van der Waals surface area contributed by atoms with Gasteiger partial charge < -0.3 is 19.5 Å². The molecule has 0 aliphatic rings. The van der Waals surface area contributed by atoms with E-state index in [1.165, 1.54) is 0 Å². The molecule has 1 heterocycles. The Morgan fingerprint density at radius 2 is 1.68 bits per heavy atom. The van der Waals surface area contributed by atoms with Gasteiger partial charge in [0.05, 0.1) is 27.0 Å². The summed E-state index contributed by atoms with van der Waals surface area (Å²) in [5.74, 6) is 2.26. The number of ether oxygens (including phenoxy) is 3. The lowest BCUT2D eigenvalue weighted by Gasteiger charge is -2.09. The first kappa shape index (κ1) is 17.1. The lowest BCUT2D eigenvalue weighted by molar-refractivity contribution is 0.355. The average molecular weight is 356 g/mol. The summed E-state index contributed by atoms with van der Waals surface area (Å²) in [5.41, 5.74) is 2.97. The number of benzene rings is 2. The highest BCUT2D eigenvalue weighted by Crippen LogP contribution is 2.33. The first-order valence-electron chi connectivity index (χ1n) is 7.79. The van der Waals surface area contributed by atoms with E-state index in [1.54, 1.807) is 32.7 Å². The van der Waals surface area contributed by atoms with E-state index in [0.717, 1.165) is 27.7 Å². The van der Waals surface area contributed by atoms with Crippen molar-refractivity contribution in [1.82, 2.24) is 4.98 Å². The molecule has 3 aromatic rings. The molecule has 0 saturated carbocycles. The Hall–Kier alpha value is -2.73. The van der Waals surface area contributed by atoms with Crippen molar-refractivity contribution in [3.05, 3.63) is 53.4 Å². The maximum atomic E-state index is 5.37. The lowest BCUT2D eigenvalue weighted by Crippen LogP contribution is -2.01. The Morgan fingerprint density at radius 3 is 2.44 bits per heavy atom. The molecule has 130 valence electrons. The molecule has 1 aromatic heterocycles. The molecule has 0 bridgehead atoms. The van der Waals surface area contributed by atoms with E-state index in [4.69, 9.17) is 14.2 Å². The normalized spacial score (nSPS) is 10.4. The molecule has 6 heteroatoms. The van der Waals surface area contributed by atoms with Gasteiger partial charge in [-0.2, -0.15) is 0 Å². The topological polar surface area (TPSA) is 52.6 Å². The second-order valence-electron chi connectivity index (χ2n) is 5.27. The number of anilines is 1. The average Bonchev–Trinajstić information content (AvgIpc) is 3.15. The minimum Gasteiger partial charge on any atom is -0.496 e. The molecule has 0 saturated heterocycles. The van der Waals surface area contributed by atoms with Crippen LogP contribution in [0.1, 0.15) is 5.56 Å². The first-order chi connectivity index (χ1) is 12.2. The van der Waals surface area contributed by atoms with Crippen molar-refractivity contribution < 1.29 is 14.2 Å². The minimum absolute atomic E-state index is 0.656. The van der Waals surface area contributed by atoms with E-state index in [2.05, 4.69) is 10.3 Å². The smallest absolute Gasteiger partial charge is 0.183 e. The molecule has 0 unspecified atom stereocenters. The molecule has 0 amide bonds. The van der Waals surface area contributed by atoms with Crippen molar-refractivity contribution in [1.29, 1.82) is 0 Å². The van der Waals surface area contributed by atoms with E-state index in [-0.39, 0.29) is 0 Å². The van der Waals surface area contributed by atoms with E-state index in [9.17, 15) is 0 Å². The summed E-state index contributed by atoms with van der Waals surface area (Å²) in [6, 6.07) is 13.7. The van der Waals surface area contributed by atoms with Gasteiger partial charge in [-0.15, -0.1) is 11.3 Å². The van der Waals surface area contributed by atoms with Crippen LogP contribution in [0.25, 0.3) is 11.3 Å². The Labute approximate surface area is 151 Å². The fourth-order valence-corrected chi connectivity index (χ4v) is 3.22. The van der Waals surface area contributed by atoms with Gasteiger partial charge in [-0.05, 0) is 24.3 Å². The summed E-state index contributed by atoms with van der Waals surface area (Å²) < 4.78 is 16.0. The Bertz CT molecular complexity index is 848. The summed E-state index contributed by atoms with van der Waals surface area (Å²) in [4.78, 5) is 4.65. The molecular weight excluding hydrogens is 336 g/mol. The summed E-state index contributed by atoms with van der Waals surface area (Å²) >= 11 is 1.57. The van der Waals surface area contributed by atoms with Crippen molar-refractivity contribution in [3.8, 4) is 28.5 Å². The van der Waals surface area contributed by atoms with Crippen molar-refractivity contribution in [2.45, 2.75) is 6.54 Å². The third-order valence-corrected chi connectivity index (χ3v) is 4.61. The fourth-order valence-electron chi connectivity index (χ4n) is 2.50. The summed E-state index contributed by atoms with van der Waals surface area (Å²) in [6.45, 7) is 0.656. The maximum Gasteiger partial charge on any atom is 0.183 e. The zero-order chi connectivity index (χ0) is 17.6. The monoisotopic (exact) mass is 356 g/mol. The van der Waals surface area contributed by atoms with Crippen LogP contribution in [-0.4, -0.2) is 26.3 Å². The molecule has 0 aliphatic carbocycles. The predicted molar refractivity (Wildman–Crippen MR) is 101 cm³/mol. The Kier molecular flexibility index (Phi) is 5.40. The predicted octanol–water partition coefficient (Wildman–Crippen LogP) is 4.45. The summed E-state index contributed by atoms with van der Waals surface area (Å²) in [6.07, 6.45) is 0. The number of nitrogens with zero attached hydrogens (tertiary/aromatic N) is 1. The molecule has 0 fully saturated rings. The SMILES string of the molecule is COc1ccccc1CNc1nc(-c2ccc(OC)c(OC)c2)cs1. The largest absolute Gasteiger partial charge is 0.496 e. The van der Waals surface area contributed by atoms with Crippen LogP contribution in [0.2, 0.25) is 0 Å². The molecule has 2 aromatic carbocycles. The fraction of sp³-hybridized carbons (Fsp3) is 0.211. The van der Waals surface area contributed by atoms with E-state index in [0.29, 0.717) is 18.0 Å². The van der Waals surface area contributed by atoms with Gasteiger partial charge in [-0.25, -0.2) is 4.98 Å². The molecule has 0 radical (unpaired) electrons. The number of thiazole rings is 1. The number of methoxy groups -OCH3 is 3. The van der Waals surface area contributed by atoms with Crippen molar-refractivity contribution >= 4 is 16.5 Å². The molecule has 3 rings (SSSR count). The molecule has 1 N–H and O–H groups in total. The number of para-hydroxylation sites is 1. The van der Waals surface area contributed by atoms with E-state index < -0.39 is 0 Å². The quantitative estimate of drug-likeness (QED) is 0.678. The van der Waals surface area contributed by atoms with Gasteiger partial charge in [-0.1, -0.05) is 18.2 Å². The van der Waals surface area contributed by atoms with E-state index in [1.807, 2.05) is 47.8 Å². The van der Waals surface area contributed by atoms with Gasteiger partial charge >= 0.3 is 0 Å². The van der Waals surface area contributed by atoms with Gasteiger partial charge in [0.15, 0.2) is 16.6 Å². The van der Waals surface area contributed by atoms with Gasteiger partial charge in [0.25, 0.3) is 0 Å². The highest BCUT2D eigenvalue weighted by molar-refractivity contribution is 7.14. The summed E-state index contributed by atoms with van der Waals surface area (Å²) in [7, 11) is 4.93. The Balaban J connectivity index is 1.74. The van der Waals surface area contributed by atoms with Crippen LogP contribution >= 0.6 is 11.3 Å². The lowest BCUT2D eigenvalue weighted by atomic mass is 10.1. The second-order valence-corrected chi connectivity index (χ2v) is 6.13. The van der Waals surface area contributed by atoms with Gasteiger partial charge in [0.2, 0.25) is 0 Å².